The zero-order valence-corrected chi connectivity index (χ0v) is 8.25. The fraction of sp³-hybridized carbons (Fsp3) is 0.900. The largest absolute Gasteiger partial charge is 0.353 e. The third-order valence-electron chi connectivity index (χ3n) is 2.79. The first kappa shape index (κ1) is 9.00. The van der Waals surface area contributed by atoms with Crippen molar-refractivity contribution in [3.8, 4) is 0 Å². The van der Waals surface area contributed by atoms with E-state index >= 15 is 0 Å². The molecular formula is C10H18N2O. The van der Waals surface area contributed by atoms with Crippen LogP contribution in [0.1, 0.15) is 26.2 Å². The Hall–Kier alpha value is -0.570. The summed E-state index contributed by atoms with van der Waals surface area (Å²) in [6.07, 6.45) is 3.57. The third-order valence-corrected chi connectivity index (χ3v) is 2.79. The zero-order chi connectivity index (χ0) is 9.26. The summed E-state index contributed by atoms with van der Waals surface area (Å²) < 4.78 is 0. The lowest BCUT2D eigenvalue weighted by atomic mass is 9.99. The molecule has 2 rings (SSSR count). The van der Waals surface area contributed by atoms with Gasteiger partial charge in [-0.15, -0.1) is 0 Å². The average Bonchev–Trinajstić information content (AvgIpc) is 2.79. The van der Waals surface area contributed by atoms with Crippen LogP contribution >= 0.6 is 0 Å². The van der Waals surface area contributed by atoms with Gasteiger partial charge < -0.3 is 10.2 Å². The quantitative estimate of drug-likeness (QED) is 0.691. The molecule has 2 fully saturated rings. The molecule has 74 valence electrons. The van der Waals surface area contributed by atoms with Crippen LogP contribution in [0.3, 0.4) is 0 Å². The Morgan fingerprint density at radius 2 is 2.15 bits per heavy atom. The first-order chi connectivity index (χ1) is 6.29. The number of rotatable bonds is 4. The second-order valence-electron chi connectivity index (χ2n) is 4.24. The van der Waals surface area contributed by atoms with Gasteiger partial charge in [0, 0.05) is 19.1 Å². The van der Waals surface area contributed by atoms with Gasteiger partial charge in [-0.2, -0.15) is 0 Å². The number of carbonyl (C=O) groups excluding carboxylic acids is 1. The molecule has 13 heavy (non-hydrogen) atoms. The summed E-state index contributed by atoms with van der Waals surface area (Å²) in [6.45, 7) is 5.28. The predicted octanol–water partition coefficient (Wildman–Crippen LogP) is 0.607. The van der Waals surface area contributed by atoms with Crippen molar-refractivity contribution in [2.75, 3.05) is 19.6 Å². The summed E-state index contributed by atoms with van der Waals surface area (Å²) >= 11 is 0. The van der Waals surface area contributed by atoms with Gasteiger partial charge in [0.25, 0.3) is 0 Å². The summed E-state index contributed by atoms with van der Waals surface area (Å²) in [6, 6.07) is 0.521. The Balaban J connectivity index is 1.63. The van der Waals surface area contributed by atoms with Gasteiger partial charge in [-0.3, -0.25) is 4.79 Å². The van der Waals surface area contributed by atoms with Crippen LogP contribution in [0.15, 0.2) is 0 Å². The first-order valence-corrected chi connectivity index (χ1v) is 5.32. The highest BCUT2D eigenvalue weighted by Gasteiger charge is 2.34. The van der Waals surface area contributed by atoms with Crippen LogP contribution in [-0.4, -0.2) is 36.5 Å². The number of likely N-dealkylation sites (tertiary alicyclic amines) is 1. The van der Waals surface area contributed by atoms with Crippen molar-refractivity contribution >= 4 is 5.91 Å². The normalized spacial score (nSPS) is 24.1. The number of amides is 1. The van der Waals surface area contributed by atoms with E-state index in [1.54, 1.807) is 0 Å². The smallest absolute Gasteiger partial charge is 0.225 e. The molecular weight excluding hydrogens is 164 g/mol. The Labute approximate surface area is 79.5 Å². The molecule has 0 bridgehead atoms. The highest BCUT2D eigenvalue weighted by molar-refractivity contribution is 5.80. The van der Waals surface area contributed by atoms with Crippen LogP contribution in [-0.2, 0) is 4.79 Å². The fourth-order valence-corrected chi connectivity index (χ4v) is 1.78. The average molecular weight is 182 g/mol. The topological polar surface area (TPSA) is 32.3 Å². The van der Waals surface area contributed by atoms with E-state index in [9.17, 15) is 4.79 Å². The van der Waals surface area contributed by atoms with E-state index in [2.05, 4.69) is 17.1 Å². The van der Waals surface area contributed by atoms with E-state index in [1.165, 1.54) is 19.3 Å². The summed E-state index contributed by atoms with van der Waals surface area (Å²) in [5.74, 6) is 0.571. The maximum atomic E-state index is 11.5. The second kappa shape index (κ2) is 3.66. The first-order valence-electron chi connectivity index (χ1n) is 5.32. The van der Waals surface area contributed by atoms with Gasteiger partial charge in [-0.1, -0.05) is 6.92 Å². The molecule has 0 unspecified atom stereocenters. The molecule has 0 aromatic heterocycles. The highest BCUT2D eigenvalue weighted by atomic mass is 16.2. The molecule has 1 amide bonds. The Morgan fingerprint density at radius 1 is 1.46 bits per heavy atom. The molecule has 1 saturated heterocycles. The van der Waals surface area contributed by atoms with Crippen molar-refractivity contribution < 1.29 is 4.79 Å². The molecule has 0 spiro atoms. The van der Waals surface area contributed by atoms with Gasteiger partial charge >= 0.3 is 0 Å². The summed E-state index contributed by atoms with van der Waals surface area (Å²) in [5.41, 5.74) is 0. The maximum absolute atomic E-state index is 11.5. The second-order valence-corrected chi connectivity index (χ2v) is 4.24. The summed E-state index contributed by atoms with van der Waals surface area (Å²) in [7, 11) is 0. The predicted molar refractivity (Wildman–Crippen MR) is 51.4 cm³/mol. The van der Waals surface area contributed by atoms with Gasteiger partial charge in [0.05, 0.1) is 5.92 Å². The van der Waals surface area contributed by atoms with Crippen molar-refractivity contribution in [1.29, 1.82) is 0 Å². The van der Waals surface area contributed by atoms with Crippen LogP contribution in [0.5, 0.6) is 0 Å². The van der Waals surface area contributed by atoms with Crippen molar-refractivity contribution in [2.45, 2.75) is 32.2 Å². The minimum Gasteiger partial charge on any atom is -0.353 e. The summed E-state index contributed by atoms with van der Waals surface area (Å²) in [4.78, 5) is 13.8. The molecule has 0 aromatic rings. The minimum atomic E-state index is 0.284. The number of hydrogen-bond acceptors (Lipinski definition) is 2. The molecule has 1 aliphatic carbocycles. The monoisotopic (exact) mass is 182 g/mol. The van der Waals surface area contributed by atoms with Crippen LogP contribution < -0.4 is 5.32 Å². The number of nitrogens with one attached hydrogen (secondary N) is 1. The molecule has 2 aliphatic rings. The maximum Gasteiger partial charge on any atom is 0.225 e. The lowest BCUT2D eigenvalue weighted by Crippen LogP contribution is -2.53. The molecule has 1 saturated carbocycles. The van der Waals surface area contributed by atoms with Gasteiger partial charge in [0.2, 0.25) is 5.91 Å². The fourth-order valence-electron chi connectivity index (χ4n) is 1.78. The standard InChI is InChI=1S/C10H18N2O/c1-2-5-12-6-8(7-12)10(13)11-9-3-4-9/h8-9H,2-7H2,1H3,(H,11,13). The number of hydrogen-bond donors (Lipinski definition) is 1. The van der Waals surface area contributed by atoms with Gasteiger partial charge in [0.15, 0.2) is 0 Å². The Bertz CT molecular complexity index is 195. The third kappa shape index (κ3) is 2.21. The lowest BCUT2D eigenvalue weighted by Gasteiger charge is -2.38. The molecule has 0 radical (unpaired) electrons. The molecule has 3 nitrogen and oxygen atoms in total. The van der Waals surface area contributed by atoms with Crippen molar-refractivity contribution in [3.63, 3.8) is 0 Å². The van der Waals surface area contributed by atoms with Gasteiger partial charge in [-0.05, 0) is 25.8 Å². The van der Waals surface area contributed by atoms with E-state index in [-0.39, 0.29) is 11.8 Å². The van der Waals surface area contributed by atoms with Crippen LogP contribution in [0.25, 0.3) is 0 Å². The lowest BCUT2D eigenvalue weighted by molar-refractivity contribution is -0.130. The minimum absolute atomic E-state index is 0.284. The van der Waals surface area contributed by atoms with Crippen LogP contribution in [0.2, 0.25) is 0 Å². The molecule has 3 heteroatoms. The molecule has 1 aliphatic heterocycles. The molecule has 1 heterocycles. The van der Waals surface area contributed by atoms with Gasteiger partial charge in [0.1, 0.15) is 0 Å². The van der Waals surface area contributed by atoms with Crippen molar-refractivity contribution in [1.82, 2.24) is 10.2 Å². The van der Waals surface area contributed by atoms with E-state index in [0.29, 0.717) is 6.04 Å². The van der Waals surface area contributed by atoms with Gasteiger partial charge in [-0.25, -0.2) is 0 Å². The van der Waals surface area contributed by atoms with Crippen LogP contribution in [0, 0.1) is 5.92 Å². The molecule has 0 aromatic carbocycles. The summed E-state index contributed by atoms with van der Waals surface area (Å²) in [5, 5.41) is 3.05. The molecule has 0 atom stereocenters. The van der Waals surface area contributed by atoms with Crippen LogP contribution in [0.4, 0.5) is 0 Å². The van der Waals surface area contributed by atoms with E-state index < -0.39 is 0 Å². The van der Waals surface area contributed by atoms with E-state index in [1.807, 2.05) is 0 Å². The van der Waals surface area contributed by atoms with Crippen molar-refractivity contribution in [2.24, 2.45) is 5.92 Å². The molecule has 1 N–H and O–H groups in total. The van der Waals surface area contributed by atoms with E-state index in [4.69, 9.17) is 0 Å². The van der Waals surface area contributed by atoms with Crippen molar-refractivity contribution in [3.05, 3.63) is 0 Å². The Morgan fingerprint density at radius 3 is 2.69 bits per heavy atom. The highest BCUT2D eigenvalue weighted by Crippen LogP contribution is 2.21. The van der Waals surface area contributed by atoms with E-state index in [0.717, 1.165) is 19.6 Å². The zero-order valence-electron chi connectivity index (χ0n) is 8.25. The number of nitrogens with zero attached hydrogens (tertiary/aromatic N) is 1. The Kier molecular flexibility index (Phi) is 2.54. The number of carbonyl (C=O) groups is 1. The SMILES string of the molecule is CCCN1CC(C(=O)NC2CC2)C1.